The van der Waals surface area contributed by atoms with Crippen molar-refractivity contribution < 1.29 is 4.79 Å². The molecule has 5 unspecified atom stereocenters. The lowest BCUT2D eigenvalue weighted by atomic mass is 10.0. The van der Waals surface area contributed by atoms with Crippen molar-refractivity contribution in [3.8, 4) is 0 Å². The molecule has 3 fully saturated rings. The van der Waals surface area contributed by atoms with E-state index in [2.05, 4.69) is 0 Å². The maximum Gasteiger partial charge on any atom is 0.226 e. The van der Waals surface area contributed by atoms with Crippen LogP contribution < -0.4 is 5.73 Å². The average molecular weight is 222 g/mol. The van der Waals surface area contributed by atoms with Crippen LogP contribution >= 0.6 is 0 Å². The van der Waals surface area contributed by atoms with Gasteiger partial charge >= 0.3 is 0 Å². The minimum Gasteiger partial charge on any atom is -0.342 e. The Labute approximate surface area is 97.4 Å². The topological polar surface area (TPSA) is 46.3 Å². The summed E-state index contributed by atoms with van der Waals surface area (Å²) in [7, 11) is 1.91. The second kappa shape index (κ2) is 3.46. The SMILES string of the molecule is CC(CN)N(C)C(=O)C1C2C3CCC(C3)C12. The van der Waals surface area contributed by atoms with Crippen LogP contribution in [-0.2, 0) is 4.79 Å². The van der Waals surface area contributed by atoms with Crippen molar-refractivity contribution in [3.05, 3.63) is 0 Å². The number of carbonyl (C=O) groups excluding carboxylic acids is 1. The predicted octanol–water partition coefficient (Wildman–Crippen LogP) is 1.08. The Bertz CT molecular complexity index is 301. The Morgan fingerprint density at radius 3 is 2.44 bits per heavy atom. The van der Waals surface area contributed by atoms with Gasteiger partial charge in [0.2, 0.25) is 5.91 Å². The molecule has 90 valence electrons. The predicted molar refractivity (Wildman–Crippen MR) is 62.6 cm³/mol. The highest BCUT2D eigenvalue weighted by Crippen LogP contribution is 2.69. The quantitative estimate of drug-likeness (QED) is 0.777. The number of fused-ring (bicyclic) bond motifs is 5. The number of hydrogen-bond donors (Lipinski definition) is 1. The van der Waals surface area contributed by atoms with Gasteiger partial charge in [0.25, 0.3) is 0 Å². The molecule has 2 bridgehead atoms. The van der Waals surface area contributed by atoms with Crippen molar-refractivity contribution in [2.75, 3.05) is 13.6 Å². The molecule has 0 saturated heterocycles. The van der Waals surface area contributed by atoms with Crippen LogP contribution in [0.5, 0.6) is 0 Å². The van der Waals surface area contributed by atoms with E-state index in [4.69, 9.17) is 5.73 Å². The van der Waals surface area contributed by atoms with Crippen molar-refractivity contribution >= 4 is 5.91 Å². The smallest absolute Gasteiger partial charge is 0.226 e. The van der Waals surface area contributed by atoms with E-state index in [0.29, 0.717) is 18.4 Å². The fourth-order valence-corrected chi connectivity index (χ4v) is 4.27. The molecule has 0 aliphatic heterocycles. The molecule has 2 N–H and O–H groups in total. The molecule has 0 radical (unpaired) electrons. The largest absolute Gasteiger partial charge is 0.342 e. The maximum absolute atomic E-state index is 12.3. The number of hydrogen-bond acceptors (Lipinski definition) is 2. The summed E-state index contributed by atoms with van der Waals surface area (Å²) in [6, 6.07) is 0.187. The summed E-state index contributed by atoms with van der Waals surface area (Å²) >= 11 is 0. The van der Waals surface area contributed by atoms with E-state index in [0.717, 1.165) is 23.7 Å². The number of carbonyl (C=O) groups is 1. The van der Waals surface area contributed by atoms with Crippen LogP contribution in [0.4, 0.5) is 0 Å². The summed E-state index contributed by atoms with van der Waals surface area (Å²) in [5, 5.41) is 0. The second-order valence-electron chi connectivity index (χ2n) is 6.05. The van der Waals surface area contributed by atoms with Crippen molar-refractivity contribution in [1.29, 1.82) is 0 Å². The lowest BCUT2D eigenvalue weighted by Gasteiger charge is -2.25. The van der Waals surface area contributed by atoms with Gasteiger partial charge in [-0.2, -0.15) is 0 Å². The molecule has 0 spiro atoms. The molecular weight excluding hydrogens is 200 g/mol. The minimum absolute atomic E-state index is 0.187. The van der Waals surface area contributed by atoms with Crippen molar-refractivity contribution in [1.82, 2.24) is 4.90 Å². The fourth-order valence-electron chi connectivity index (χ4n) is 4.27. The molecule has 3 aliphatic carbocycles. The van der Waals surface area contributed by atoms with Crippen molar-refractivity contribution in [3.63, 3.8) is 0 Å². The summed E-state index contributed by atoms with van der Waals surface area (Å²) in [6.45, 7) is 2.60. The molecule has 3 heteroatoms. The molecule has 0 heterocycles. The highest BCUT2D eigenvalue weighted by atomic mass is 16.2. The Hall–Kier alpha value is -0.570. The molecule has 3 aliphatic rings. The van der Waals surface area contributed by atoms with Crippen LogP contribution in [0.2, 0.25) is 0 Å². The first-order valence-corrected chi connectivity index (χ1v) is 6.62. The Kier molecular flexibility index (Phi) is 2.29. The van der Waals surface area contributed by atoms with E-state index in [1.54, 1.807) is 0 Å². The van der Waals surface area contributed by atoms with E-state index < -0.39 is 0 Å². The Morgan fingerprint density at radius 2 is 1.94 bits per heavy atom. The van der Waals surface area contributed by atoms with Gasteiger partial charge < -0.3 is 10.6 Å². The van der Waals surface area contributed by atoms with Crippen LogP contribution in [-0.4, -0.2) is 30.4 Å². The molecule has 3 saturated carbocycles. The third kappa shape index (κ3) is 1.27. The Morgan fingerprint density at radius 1 is 1.38 bits per heavy atom. The van der Waals surface area contributed by atoms with Gasteiger partial charge in [0.1, 0.15) is 0 Å². The summed E-state index contributed by atoms with van der Waals surface area (Å²) < 4.78 is 0. The number of likely N-dealkylation sites (N-methyl/N-ethyl adjacent to an activating group) is 1. The van der Waals surface area contributed by atoms with Gasteiger partial charge in [0.15, 0.2) is 0 Å². The summed E-state index contributed by atoms with van der Waals surface area (Å²) in [5.41, 5.74) is 5.62. The molecule has 0 aromatic rings. The number of nitrogens with two attached hydrogens (primary N) is 1. The lowest BCUT2D eigenvalue weighted by Crippen LogP contribution is -2.41. The number of amides is 1. The van der Waals surface area contributed by atoms with Crippen LogP contribution in [0.3, 0.4) is 0 Å². The number of nitrogens with zero attached hydrogens (tertiary/aromatic N) is 1. The molecule has 5 atom stereocenters. The zero-order chi connectivity index (χ0) is 11.4. The zero-order valence-electron chi connectivity index (χ0n) is 10.2. The van der Waals surface area contributed by atoms with Gasteiger partial charge in [-0.05, 0) is 49.9 Å². The number of rotatable bonds is 3. The average Bonchev–Trinajstić information content (AvgIpc) is 2.74. The molecule has 1 amide bonds. The highest BCUT2D eigenvalue weighted by Gasteiger charge is 2.67. The standard InChI is InChI=1S/C13H22N2O/c1-7(6-14)15(2)13(16)12-10-8-3-4-9(5-8)11(10)12/h7-12H,3-6,14H2,1-2H3. The summed E-state index contributed by atoms with van der Waals surface area (Å²) in [5.74, 6) is 3.99. The monoisotopic (exact) mass is 222 g/mol. The fraction of sp³-hybridized carbons (Fsp3) is 0.923. The molecule has 3 rings (SSSR count). The summed E-state index contributed by atoms with van der Waals surface area (Å²) in [6.07, 6.45) is 4.17. The second-order valence-corrected chi connectivity index (χ2v) is 6.05. The third-order valence-electron chi connectivity index (χ3n) is 5.37. The van der Waals surface area contributed by atoms with Crippen molar-refractivity contribution in [2.45, 2.75) is 32.2 Å². The van der Waals surface area contributed by atoms with Gasteiger partial charge in [-0.1, -0.05) is 0 Å². The first kappa shape index (κ1) is 10.6. The van der Waals surface area contributed by atoms with E-state index in [9.17, 15) is 4.79 Å². The van der Waals surface area contributed by atoms with Crippen LogP contribution in [0, 0.1) is 29.6 Å². The minimum atomic E-state index is 0.187. The van der Waals surface area contributed by atoms with Crippen molar-refractivity contribution in [2.24, 2.45) is 35.3 Å². The zero-order valence-corrected chi connectivity index (χ0v) is 10.2. The van der Waals surface area contributed by atoms with Crippen LogP contribution in [0.15, 0.2) is 0 Å². The molecule has 3 nitrogen and oxygen atoms in total. The Balaban J connectivity index is 1.66. The van der Waals surface area contributed by atoms with E-state index in [1.165, 1.54) is 19.3 Å². The van der Waals surface area contributed by atoms with Gasteiger partial charge in [-0.15, -0.1) is 0 Å². The normalized spacial score (nSPS) is 45.3. The third-order valence-corrected chi connectivity index (χ3v) is 5.37. The molecule has 16 heavy (non-hydrogen) atoms. The maximum atomic E-state index is 12.3. The molecule has 0 aromatic heterocycles. The van der Waals surface area contributed by atoms with Gasteiger partial charge in [-0.25, -0.2) is 0 Å². The van der Waals surface area contributed by atoms with E-state index >= 15 is 0 Å². The van der Waals surface area contributed by atoms with Crippen LogP contribution in [0.25, 0.3) is 0 Å². The highest BCUT2D eigenvalue weighted by molar-refractivity contribution is 5.83. The lowest BCUT2D eigenvalue weighted by molar-refractivity contribution is -0.134. The van der Waals surface area contributed by atoms with Gasteiger partial charge in [0.05, 0.1) is 0 Å². The summed E-state index contributed by atoms with van der Waals surface area (Å²) in [4.78, 5) is 14.2. The van der Waals surface area contributed by atoms with Gasteiger partial charge in [0, 0.05) is 25.6 Å². The van der Waals surface area contributed by atoms with E-state index in [1.807, 2.05) is 18.9 Å². The van der Waals surface area contributed by atoms with Gasteiger partial charge in [-0.3, -0.25) is 4.79 Å². The molecular formula is C13H22N2O. The first-order valence-electron chi connectivity index (χ1n) is 6.62. The molecule has 0 aromatic carbocycles. The van der Waals surface area contributed by atoms with Crippen LogP contribution in [0.1, 0.15) is 26.2 Å². The van der Waals surface area contributed by atoms with E-state index in [-0.39, 0.29) is 6.04 Å². The first-order chi connectivity index (χ1) is 7.65.